The highest BCUT2D eigenvalue weighted by Gasteiger charge is 2.13. The fraction of sp³-hybridized carbons (Fsp3) is 0.571. The summed E-state index contributed by atoms with van der Waals surface area (Å²) < 4.78 is 4.56. The molecule has 1 heterocycles. The van der Waals surface area contributed by atoms with Gasteiger partial charge >= 0.3 is 11.9 Å². The fourth-order valence-corrected chi connectivity index (χ4v) is 1.81. The minimum atomic E-state index is -0.769. The van der Waals surface area contributed by atoms with E-state index < -0.39 is 11.9 Å². The van der Waals surface area contributed by atoms with Gasteiger partial charge in [-0.15, -0.1) is 0 Å². The zero-order valence-electron chi connectivity index (χ0n) is 12.5. The van der Waals surface area contributed by atoms with Gasteiger partial charge in [0.05, 0.1) is 13.0 Å². The molecule has 7 heteroatoms. The van der Waals surface area contributed by atoms with Crippen LogP contribution in [-0.2, 0) is 9.53 Å². The van der Waals surface area contributed by atoms with Crippen LogP contribution in [0.2, 0.25) is 0 Å². The van der Waals surface area contributed by atoms with Gasteiger partial charge in [0.2, 0.25) is 5.82 Å². The van der Waals surface area contributed by atoms with Crippen molar-refractivity contribution < 1.29 is 19.4 Å². The van der Waals surface area contributed by atoms with Crippen LogP contribution in [0.1, 0.15) is 43.7 Å². The van der Waals surface area contributed by atoms with Gasteiger partial charge in [-0.2, -0.15) is 0 Å². The van der Waals surface area contributed by atoms with Gasteiger partial charge in [0, 0.05) is 12.2 Å². The molecule has 0 aromatic carbocycles. The Balaban J connectivity index is 2.46. The van der Waals surface area contributed by atoms with Gasteiger partial charge in [-0.25, -0.2) is 14.8 Å². The molecular weight excluding hydrogens is 274 g/mol. The van der Waals surface area contributed by atoms with Crippen LogP contribution in [0.4, 0.5) is 5.82 Å². The Morgan fingerprint density at radius 1 is 1.38 bits per heavy atom. The summed E-state index contributed by atoms with van der Waals surface area (Å²) in [6, 6.07) is 1.79. The average molecular weight is 295 g/mol. The number of carbonyl (C=O) groups excluding carboxylic acids is 1. The van der Waals surface area contributed by atoms with Crippen molar-refractivity contribution in [1.29, 1.82) is 0 Å². The highest BCUT2D eigenvalue weighted by atomic mass is 16.5. The summed E-state index contributed by atoms with van der Waals surface area (Å²) in [5.41, 5.74) is 0. The molecule has 2 atom stereocenters. The molecule has 2 unspecified atom stereocenters. The number of methoxy groups -OCH3 is 1. The van der Waals surface area contributed by atoms with E-state index >= 15 is 0 Å². The second kappa shape index (κ2) is 8.18. The quantitative estimate of drug-likeness (QED) is 0.707. The Bertz CT molecular complexity index is 493. The average Bonchev–Trinajstić information content (AvgIpc) is 2.46. The van der Waals surface area contributed by atoms with Crippen LogP contribution in [-0.4, -0.2) is 40.2 Å². The fourth-order valence-electron chi connectivity index (χ4n) is 1.81. The number of aliphatic carboxylic acids is 1. The van der Waals surface area contributed by atoms with Crippen LogP contribution in [0.25, 0.3) is 0 Å². The summed E-state index contributed by atoms with van der Waals surface area (Å²) in [7, 11) is 1.28. The molecular formula is C14H21N3O4. The molecule has 0 spiro atoms. The molecule has 7 nitrogen and oxygen atoms in total. The van der Waals surface area contributed by atoms with E-state index in [2.05, 4.69) is 20.0 Å². The zero-order valence-corrected chi connectivity index (χ0v) is 12.5. The third-order valence-corrected chi connectivity index (χ3v) is 3.11. The number of ether oxygens (including phenoxy) is 1. The van der Waals surface area contributed by atoms with Crippen molar-refractivity contribution in [2.24, 2.45) is 5.92 Å². The largest absolute Gasteiger partial charge is 0.481 e. The molecule has 1 aromatic heterocycles. The molecule has 0 amide bonds. The number of carbonyl (C=O) groups is 2. The Morgan fingerprint density at radius 2 is 2.10 bits per heavy atom. The third kappa shape index (κ3) is 5.76. The van der Waals surface area contributed by atoms with E-state index in [0.29, 0.717) is 12.2 Å². The lowest BCUT2D eigenvalue weighted by atomic mass is 10.0. The van der Waals surface area contributed by atoms with Crippen molar-refractivity contribution in [2.45, 2.75) is 39.2 Å². The van der Waals surface area contributed by atoms with Crippen molar-refractivity contribution in [3.63, 3.8) is 0 Å². The summed E-state index contributed by atoms with van der Waals surface area (Å²) in [5, 5.41) is 12.0. The first-order valence-corrected chi connectivity index (χ1v) is 6.84. The summed E-state index contributed by atoms with van der Waals surface area (Å²) in [6.45, 7) is 3.68. The van der Waals surface area contributed by atoms with Gasteiger partial charge in [0.25, 0.3) is 0 Å². The predicted molar refractivity (Wildman–Crippen MR) is 77.1 cm³/mol. The Labute approximate surface area is 123 Å². The van der Waals surface area contributed by atoms with E-state index in [0.717, 1.165) is 12.8 Å². The maximum atomic E-state index is 11.3. The molecule has 1 aromatic rings. The van der Waals surface area contributed by atoms with Gasteiger partial charge in [-0.1, -0.05) is 13.3 Å². The molecule has 0 aliphatic heterocycles. The van der Waals surface area contributed by atoms with Crippen LogP contribution in [0.3, 0.4) is 0 Å². The Hall–Kier alpha value is -2.18. The number of hydrogen-bond donors (Lipinski definition) is 2. The van der Waals surface area contributed by atoms with E-state index in [1.165, 1.54) is 13.3 Å². The molecule has 0 aliphatic carbocycles. The molecule has 1 rings (SSSR count). The lowest BCUT2D eigenvalue weighted by molar-refractivity contribution is -0.141. The lowest BCUT2D eigenvalue weighted by Crippen LogP contribution is -2.18. The standard InChI is InChI=1S/C14H21N3O4/c1-9(13(18)19)5-4-6-10(2)16-11-7-8-15-12(17-11)14(20)21-3/h7-10H,4-6H2,1-3H3,(H,18,19)(H,15,16,17). The number of aromatic nitrogens is 2. The van der Waals surface area contributed by atoms with Gasteiger partial charge in [-0.3, -0.25) is 4.79 Å². The number of rotatable bonds is 8. The second-order valence-electron chi connectivity index (χ2n) is 4.97. The first-order chi connectivity index (χ1) is 9.93. The van der Waals surface area contributed by atoms with Crippen molar-refractivity contribution in [1.82, 2.24) is 9.97 Å². The van der Waals surface area contributed by atoms with Crippen LogP contribution < -0.4 is 5.32 Å². The first-order valence-electron chi connectivity index (χ1n) is 6.84. The normalized spacial score (nSPS) is 13.3. The number of carboxylic acids is 1. The highest BCUT2D eigenvalue weighted by Crippen LogP contribution is 2.12. The summed E-state index contributed by atoms with van der Waals surface area (Å²) in [5.74, 6) is -1.13. The van der Waals surface area contributed by atoms with Gasteiger partial charge in [-0.05, 0) is 25.8 Å². The van der Waals surface area contributed by atoms with Crippen LogP contribution in [0, 0.1) is 5.92 Å². The first kappa shape index (κ1) is 16.9. The lowest BCUT2D eigenvalue weighted by Gasteiger charge is -2.15. The number of nitrogens with one attached hydrogen (secondary N) is 1. The highest BCUT2D eigenvalue weighted by molar-refractivity contribution is 5.85. The van der Waals surface area contributed by atoms with E-state index in [1.54, 1.807) is 13.0 Å². The number of carboxylic acid groups (broad SMARTS) is 1. The summed E-state index contributed by atoms with van der Waals surface area (Å²) in [6.07, 6.45) is 3.74. The van der Waals surface area contributed by atoms with Crippen LogP contribution >= 0.6 is 0 Å². The molecule has 116 valence electrons. The van der Waals surface area contributed by atoms with Crippen molar-refractivity contribution >= 4 is 17.8 Å². The molecule has 0 aliphatic rings. The Kier molecular flexibility index (Phi) is 6.58. The smallest absolute Gasteiger partial charge is 0.376 e. The molecule has 21 heavy (non-hydrogen) atoms. The topological polar surface area (TPSA) is 101 Å². The van der Waals surface area contributed by atoms with Crippen molar-refractivity contribution in [3.05, 3.63) is 18.1 Å². The maximum absolute atomic E-state index is 11.3. The predicted octanol–water partition coefficient (Wildman–Crippen LogP) is 1.95. The van der Waals surface area contributed by atoms with E-state index in [-0.39, 0.29) is 17.8 Å². The van der Waals surface area contributed by atoms with Crippen LogP contribution in [0.15, 0.2) is 12.3 Å². The van der Waals surface area contributed by atoms with Crippen LogP contribution in [0.5, 0.6) is 0 Å². The second-order valence-corrected chi connectivity index (χ2v) is 4.97. The molecule has 0 bridgehead atoms. The van der Waals surface area contributed by atoms with Crippen molar-refractivity contribution in [3.8, 4) is 0 Å². The zero-order chi connectivity index (χ0) is 15.8. The number of esters is 1. The number of anilines is 1. The minimum absolute atomic E-state index is 0.00852. The van der Waals surface area contributed by atoms with Gasteiger partial charge in [0.15, 0.2) is 0 Å². The van der Waals surface area contributed by atoms with E-state index in [4.69, 9.17) is 5.11 Å². The molecule has 0 fully saturated rings. The van der Waals surface area contributed by atoms with E-state index in [1.807, 2.05) is 6.92 Å². The maximum Gasteiger partial charge on any atom is 0.376 e. The SMILES string of the molecule is COC(=O)c1nccc(NC(C)CCCC(C)C(=O)O)n1. The summed E-state index contributed by atoms with van der Waals surface area (Å²) >= 11 is 0. The van der Waals surface area contributed by atoms with Gasteiger partial charge < -0.3 is 15.2 Å². The molecule has 0 radical (unpaired) electrons. The third-order valence-electron chi connectivity index (χ3n) is 3.11. The molecule has 2 N–H and O–H groups in total. The monoisotopic (exact) mass is 295 g/mol. The summed E-state index contributed by atoms with van der Waals surface area (Å²) in [4.78, 5) is 29.9. The molecule has 0 saturated heterocycles. The van der Waals surface area contributed by atoms with E-state index in [9.17, 15) is 9.59 Å². The molecule has 0 saturated carbocycles. The minimum Gasteiger partial charge on any atom is -0.481 e. The number of nitrogens with zero attached hydrogens (tertiary/aromatic N) is 2. The van der Waals surface area contributed by atoms with Crippen molar-refractivity contribution in [2.75, 3.05) is 12.4 Å². The Morgan fingerprint density at radius 3 is 2.71 bits per heavy atom. The van der Waals surface area contributed by atoms with Gasteiger partial charge in [0.1, 0.15) is 5.82 Å². The number of hydrogen-bond acceptors (Lipinski definition) is 6.